The number of carbonyl (C=O) groups is 14. The Bertz CT molecular complexity index is 3270. The van der Waals surface area contributed by atoms with Crippen LogP contribution in [-0.4, -0.2) is 171 Å². The van der Waals surface area contributed by atoms with Gasteiger partial charge >= 0.3 is 48.3 Å². The third kappa shape index (κ3) is 40.5. The van der Waals surface area contributed by atoms with Crippen LogP contribution in [0.4, 0.5) is 41.9 Å². The summed E-state index contributed by atoms with van der Waals surface area (Å²) in [5, 5.41) is 24.8. The van der Waals surface area contributed by atoms with Gasteiger partial charge in [-0.25, -0.2) is 28.8 Å². The van der Waals surface area contributed by atoms with Gasteiger partial charge in [-0.3, -0.25) is 38.4 Å². The summed E-state index contributed by atoms with van der Waals surface area (Å²) in [4.78, 5) is 175. The standard InChI is InChI=1S/2C30H45N5O11.2C7H8/c2*1-16(31-27(41)45-29(3,4)5)23(37)33-19-13-18(25(39)35-21(26(40)44-10)11-12-22(36)43-9)14-20(15-19)34-24(38)17(2)32-28(42)46-30(6,7)8;2*1-7-5-3-2-4-6-7/h2*13-17,21H,11-12H2,1-10H3,(H,31,41)(H,32,42)(H,33,37)(H,34,38)(H,35,39);2*2-6H,1H3/t2*16-,17-,21-;;/m11../s1. The van der Waals surface area contributed by atoms with E-state index in [-0.39, 0.29) is 59.6 Å². The number of methoxy groups -OCH3 is 4. The fourth-order valence-electron chi connectivity index (χ4n) is 8.07. The molecule has 0 spiro atoms. The van der Waals surface area contributed by atoms with E-state index < -0.39 is 142 Å². The molecule has 4 aromatic rings. The van der Waals surface area contributed by atoms with Gasteiger partial charge in [0.1, 0.15) is 58.7 Å². The first-order chi connectivity index (χ1) is 49.1. The van der Waals surface area contributed by atoms with Crippen molar-refractivity contribution in [2.75, 3.05) is 49.7 Å². The van der Waals surface area contributed by atoms with Crippen LogP contribution in [0.5, 0.6) is 0 Å². The zero-order valence-corrected chi connectivity index (χ0v) is 64.5. The molecule has 0 aliphatic carbocycles. The summed E-state index contributed by atoms with van der Waals surface area (Å²) in [7, 11) is 4.58. The number of benzene rings is 4. The summed E-state index contributed by atoms with van der Waals surface area (Å²) in [5.74, 6) is -7.24. The fourth-order valence-corrected chi connectivity index (χ4v) is 8.07. The van der Waals surface area contributed by atoms with Crippen molar-refractivity contribution in [3.8, 4) is 0 Å². The molecule has 4 aromatic carbocycles. The number of rotatable bonds is 24. The van der Waals surface area contributed by atoms with Crippen LogP contribution in [0.25, 0.3) is 0 Å². The lowest BCUT2D eigenvalue weighted by molar-refractivity contribution is -0.146. The van der Waals surface area contributed by atoms with Crippen LogP contribution in [0, 0.1) is 13.8 Å². The van der Waals surface area contributed by atoms with Crippen LogP contribution in [0.3, 0.4) is 0 Å². The van der Waals surface area contributed by atoms with E-state index in [9.17, 15) is 67.1 Å². The van der Waals surface area contributed by atoms with Crippen molar-refractivity contribution in [2.24, 2.45) is 0 Å². The molecule has 0 bridgehead atoms. The molecule has 0 aliphatic heterocycles. The Morgan fingerprint density at radius 1 is 0.330 bits per heavy atom. The third-order valence-electron chi connectivity index (χ3n) is 13.2. The highest BCUT2D eigenvalue weighted by atomic mass is 16.6. The molecule has 6 atom stereocenters. The van der Waals surface area contributed by atoms with Crippen molar-refractivity contribution in [1.82, 2.24) is 31.9 Å². The number of anilines is 4. The first-order valence-corrected chi connectivity index (χ1v) is 33.5. The number of hydrogen-bond donors (Lipinski definition) is 10. The molecule has 106 heavy (non-hydrogen) atoms. The molecule has 0 fully saturated rings. The van der Waals surface area contributed by atoms with Crippen LogP contribution in [-0.2, 0) is 76.3 Å². The summed E-state index contributed by atoms with van der Waals surface area (Å²) in [6, 6.07) is 21.5. The zero-order chi connectivity index (χ0) is 81.0. The number of amides is 10. The minimum atomic E-state index is -1.23. The second-order valence-electron chi connectivity index (χ2n) is 27.7. The molecule has 32 heteroatoms. The Hall–Kier alpha value is -11.3. The largest absolute Gasteiger partial charge is 0.469 e. The Kier molecular flexibility index (Phi) is 38.8. The molecule has 0 heterocycles. The molecule has 10 amide bonds. The maximum atomic E-state index is 13.3. The average Bonchev–Trinajstić information content (AvgIpc) is 0.832. The van der Waals surface area contributed by atoms with Gasteiger partial charge in [0.15, 0.2) is 0 Å². The summed E-state index contributed by atoms with van der Waals surface area (Å²) in [5.41, 5.74) is -0.665. The van der Waals surface area contributed by atoms with Gasteiger partial charge in [0, 0.05) is 46.7 Å². The lowest BCUT2D eigenvalue weighted by Gasteiger charge is -2.22. The van der Waals surface area contributed by atoms with Gasteiger partial charge in [0.05, 0.1) is 28.4 Å². The van der Waals surface area contributed by atoms with E-state index in [1.807, 2.05) is 36.4 Å². The van der Waals surface area contributed by atoms with Crippen molar-refractivity contribution in [1.29, 1.82) is 0 Å². The first-order valence-electron chi connectivity index (χ1n) is 33.5. The van der Waals surface area contributed by atoms with Crippen LogP contribution in [0.15, 0.2) is 97.1 Å². The maximum absolute atomic E-state index is 13.3. The van der Waals surface area contributed by atoms with Gasteiger partial charge in [-0.1, -0.05) is 71.8 Å². The van der Waals surface area contributed by atoms with E-state index in [0.29, 0.717) is 0 Å². The minimum absolute atomic E-state index is 0.0303. The SMILES string of the molecule is COC(=O)CC[C@@H](NC(=O)c1cc(NC(=O)[C@@H](C)NC(=O)OC(C)(C)C)cc(NC(=O)[C@@H](C)NC(=O)OC(C)(C)C)c1)C(=O)OC.COC(=O)CC[C@@H](NC(=O)c1cc(NC(=O)[C@@H](C)NC(=O)OC(C)(C)C)cc(NC(=O)[C@@H](C)NC(=O)OC(C)(C)C)c1)C(=O)OC.Cc1ccccc1.Cc1ccccc1. The maximum Gasteiger partial charge on any atom is 0.408 e. The van der Waals surface area contributed by atoms with Crippen LogP contribution < -0.4 is 53.2 Å². The van der Waals surface area contributed by atoms with Gasteiger partial charge < -0.3 is 91.1 Å². The predicted molar refractivity (Wildman–Crippen MR) is 394 cm³/mol. The molecule has 0 unspecified atom stereocenters. The molecule has 0 saturated heterocycles. The molecule has 0 aromatic heterocycles. The van der Waals surface area contributed by atoms with Crippen molar-refractivity contribution in [3.05, 3.63) is 119 Å². The summed E-state index contributed by atoms with van der Waals surface area (Å²) in [6.07, 6.45) is -3.98. The highest BCUT2D eigenvalue weighted by Gasteiger charge is 2.30. The lowest BCUT2D eigenvalue weighted by Crippen LogP contribution is -2.44. The highest BCUT2D eigenvalue weighted by Crippen LogP contribution is 2.24. The molecule has 0 aliphatic rings. The number of ether oxygens (including phenoxy) is 8. The molecule has 0 radical (unpaired) electrons. The summed E-state index contributed by atoms with van der Waals surface area (Å²) < 4.78 is 39.3. The summed E-state index contributed by atoms with van der Waals surface area (Å²) in [6.45, 7) is 29.7. The van der Waals surface area contributed by atoms with Crippen LogP contribution >= 0.6 is 0 Å². The van der Waals surface area contributed by atoms with Crippen LogP contribution in [0.1, 0.15) is 168 Å². The molecule has 10 N–H and O–H groups in total. The number of hydrogen-bond acceptors (Lipinski definition) is 22. The third-order valence-corrected chi connectivity index (χ3v) is 13.2. The number of carbonyl (C=O) groups excluding carboxylic acids is 14. The van der Waals surface area contributed by atoms with Gasteiger partial charge in [0.25, 0.3) is 11.8 Å². The van der Waals surface area contributed by atoms with E-state index in [0.717, 1.165) is 14.2 Å². The van der Waals surface area contributed by atoms with Gasteiger partial charge in [-0.05, 0) is 174 Å². The number of nitrogens with one attached hydrogen (secondary N) is 10. The molecular weight excluding hydrogens is 1380 g/mol. The zero-order valence-electron chi connectivity index (χ0n) is 64.5. The average molecular weight is 1490 g/mol. The molecule has 584 valence electrons. The van der Waals surface area contributed by atoms with Crippen molar-refractivity contribution in [3.63, 3.8) is 0 Å². The lowest BCUT2D eigenvalue weighted by atomic mass is 10.1. The van der Waals surface area contributed by atoms with Crippen molar-refractivity contribution >= 4 is 106 Å². The number of alkyl carbamates (subject to hydrolysis) is 4. The molecule has 32 nitrogen and oxygen atoms in total. The minimum Gasteiger partial charge on any atom is -0.469 e. The second-order valence-corrected chi connectivity index (χ2v) is 27.7. The van der Waals surface area contributed by atoms with E-state index in [1.165, 1.54) is 89.4 Å². The topological polar surface area (TPSA) is 433 Å². The van der Waals surface area contributed by atoms with E-state index in [2.05, 4.69) is 101 Å². The Morgan fingerprint density at radius 2 is 0.557 bits per heavy atom. The number of aryl methyl sites for hydroxylation is 2. The highest BCUT2D eigenvalue weighted by molar-refractivity contribution is 6.05. The second kappa shape index (κ2) is 44.3. The Balaban J connectivity index is 0.000000888. The van der Waals surface area contributed by atoms with Gasteiger partial charge in [0.2, 0.25) is 23.6 Å². The Labute approximate surface area is 619 Å². The molecule has 4 rings (SSSR count). The molecular formula is C74H106N10O22. The van der Waals surface area contributed by atoms with Crippen LogP contribution in [0.2, 0.25) is 0 Å². The monoisotopic (exact) mass is 1490 g/mol. The van der Waals surface area contributed by atoms with Crippen molar-refractivity contribution in [2.45, 2.75) is 209 Å². The first kappa shape index (κ1) is 92.7. The smallest absolute Gasteiger partial charge is 0.408 e. The quantitative estimate of drug-likeness (QED) is 0.0231. The normalized spacial score (nSPS) is 12.5. The number of esters is 4. The van der Waals surface area contributed by atoms with Gasteiger partial charge in [-0.2, -0.15) is 0 Å². The Morgan fingerprint density at radius 3 is 0.736 bits per heavy atom. The van der Waals surface area contributed by atoms with E-state index >= 15 is 0 Å². The fraction of sp³-hybridized carbons (Fsp3) is 0.486. The van der Waals surface area contributed by atoms with Gasteiger partial charge in [-0.15, -0.1) is 0 Å². The summed E-state index contributed by atoms with van der Waals surface area (Å²) >= 11 is 0. The molecule has 0 saturated carbocycles. The predicted octanol–water partition coefficient (Wildman–Crippen LogP) is 9.22. The van der Waals surface area contributed by atoms with E-state index in [1.54, 1.807) is 83.1 Å². The van der Waals surface area contributed by atoms with Crippen molar-refractivity contribution < 1.29 is 105 Å². The van der Waals surface area contributed by atoms with E-state index in [4.69, 9.17) is 28.4 Å².